The molecule has 2 heterocycles. The predicted octanol–water partition coefficient (Wildman–Crippen LogP) is 1.57. The summed E-state index contributed by atoms with van der Waals surface area (Å²) in [5.74, 6) is 0.410. The van der Waals surface area contributed by atoms with Gasteiger partial charge in [-0.05, 0) is 24.3 Å². The summed E-state index contributed by atoms with van der Waals surface area (Å²) in [6, 6.07) is 7.45. The fourth-order valence-corrected chi connectivity index (χ4v) is 2.30. The molecule has 0 spiro atoms. The third-order valence-corrected chi connectivity index (χ3v) is 3.17. The number of nitrogens with zero attached hydrogens (tertiary/aromatic N) is 1. The Morgan fingerprint density at radius 2 is 2.21 bits per heavy atom. The molecule has 2 aromatic rings. The fraction of sp³-hybridized carbons (Fsp3) is 0.214. The molecule has 1 aromatic heterocycles. The van der Waals surface area contributed by atoms with Crippen LogP contribution >= 0.6 is 0 Å². The van der Waals surface area contributed by atoms with E-state index in [1.54, 1.807) is 18.3 Å². The zero-order valence-electron chi connectivity index (χ0n) is 10.2. The van der Waals surface area contributed by atoms with Crippen molar-refractivity contribution >= 4 is 5.69 Å². The molecule has 3 rings (SSSR count). The van der Waals surface area contributed by atoms with E-state index >= 15 is 0 Å². The number of nitrogens with two attached hydrogens (primary N) is 1. The van der Waals surface area contributed by atoms with Crippen LogP contribution in [-0.4, -0.2) is 10.7 Å². The van der Waals surface area contributed by atoms with Crippen LogP contribution in [0.15, 0.2) is 41.3 Å². The first-order valence-electron chi connectivity index (χ1n) is 6.03. The van der Waals surface area contributed by atoms with Gasteiger partial charge in [0.2, 0.25) is 0 Å². The number of ether oxygens (including phenoxy) is 1. The zero-order valence-corrected chi connectivity index (χ0v) is 10.2. The van der Waals surface area contributed by atoms with Crippen molar-refractivity contribution in [2.45, 2.75) is 19.1 Å². The summed E-state index contributed by atoms with van der Waals surface area (Å²) in [5, 5.41) is 0. The van der Waals surface area contributed by atoms with E-state index in [0.29, 0.717) is 24.4 Å². The number of nitrogen functional groups attached to an aromatic ring is 1. The molecule has 0 saturated carbocycles. The number of halogens is 1. The molecule has 0 saturated heterocycles. The van der Waals surface area contributed by atoms with Gasteiger partial charge in [0.05, 0.1) is 6.54 Å². The maximum absolute atomic E-state index is 13.1. The molecule has 1 aromatic carbocycles. The number of fused-ring (bicyclic) bond motifs is 1. The van der Waals surface area contributed by atoms with E-state index in [2.05, 4.69) is 0 Å². The van der Waals surface area contributed by atoms with E-state index in [9.17, 15) is 9.18 Å². The van der Waals surface area contributed by atoms with Gasteiger partial charge in [0.1, 0.15) is 17.7 Å². The smallest absolute Gasteiger partial charge is 0.250 e. The number of rotatable bonds is 2. The van der Waals surface area contributed by atoms with Crippen LogP contribution in [0.25, 0.3) is 0 Å². The van der Waals surface area contributed by atoms with Crippen molar-refractivity contribution in [3.63, 3.8) is 0 Å². The van der Waals surface area contributed by atoms with Crippen LogP contribution in [0.2, 0.25) is 0 Å². The van der Waals surface area contributed by atoms with Gasteiger partial charge in [0.15, 0.2) is 0 Å². The van der Waals surface area contributed by atoms with Gasteiger partial charge in [-0.1, -0.05) is 0 Å². The number of hydrogen-bond acceptors (Lipinski definition) is 3. The number of pyridine rings is 1. The van der Waals surface area contributed by atoms with Crippen LogP contribution in [0.4, 0.5) is 10.1 Å². The SMILES string of the molecule is Nc1ccc(=O)n(CC2Cc3cc(F)ccc3O2)c1. The molecule has 0 amide bonds. The summed E-state index contributed by atoms with van der Waals surface area (Å²) in [6.45, 7) is 0.403. The molecule has 1 atom stereocenters. The summed E-state index contributed by atoms with van der Waals surface area (Å²) in [5.41, 5.74) is 6.89. The number of hydrogen-bond donors (Lipinski definition) is 1. The first kappa shape index (κ1) is 11.8. The highest BCUT2D eigenvalue weighted by Crippen LogP contribution is 2.29. The Balaban J connectivity index is 1.80. The lowest BCUT2D eigenvalue weighted by Crippen LogP contribution is -2.28. The van der Waals surface area contributed by atoms with Crippen LogP contribution in [0.3, 0.4) is 0 Å². The molecular weight excluding hydrogens is 247 g/mol. The zero-order chi connectivity index (χ0) is 13.4. The Morgan fingerprint density at radius 1 is 1.37 bits per heavy atom. The Labute approximate surface area is 109 Å². The maximum Gasteiger partial charge on any atom is 0.250 e. The van der Waals surface area contributed by atoms with Crippen molar-refractivity contribution in [3.05, 3.63) is 58.3 Å². The van der Waals surface area contributed by atoms with Gasteiger partial charge < -0.3 is 15.0 Å². The van der Waals surface area contributed by atoms with E-state index in [0.717, 1.165) is 5.56 Å². The second-order valence-corrected chi connectivity index (χ2v) is 4.65. The second kappa shape index (κ2) is 4.42. The van der Waals surface area contributed by atoms with Crippen molar-refractivity contribution in [2.75, 3.05) is 5.73 Å². The van der Waals surface area contributed by atoms with Crippen LogP contribution in [-0.2, 0) is 13.0 Å². The van der Waals surface area contributed by atoms with Gasteiger partial charge >= 0.3 is 0 Å². The quantitative estimate of drug-likeness (QED) is 0.891. The summed E-state index contributed by atoms with van der Waals surface area (Å²) < 4.78 is 20.3. The van der Waals surface area contributed by atoms with Gasteiger partial charge in [-0.15, -0.1) is 0 Å². The number of benzene rings is 1. The minimum Gasteiger partial charge on any atom is -0.488 e. The first-order chi connectivity index (χ1) is 9.11. The first-order valence-corrected chi connectivity index (χ1v) is 6.03. The molecular formula is C14H13FN2O2. The lowest BCUT2D eigenvalue weighted by atomic mass is 10.1. The molecule has 19 heavy (non-hydrogen) atoms. The highest BCUT2D eigenvalue weighted by atomic mass is 19.1. The molecule has 1 aliphatic heterocycles. The van der Waals surface area contributed by atoms with Gasteiger partial charge in [0, 0.05) is 29.9 Å². The molecule has 1 aliphatic rings. The number of aromatic nitrogens is 1. The Morgan fingerprint density at radius 3 is 3.05 bits per heavy atom. The largest absolute Gasteiger partial charge is 0.488 e. The van der Waals surface area contributed by atoms with Crippen molar-refractivity contribution in [2.24, 2.45) is 0 Å². The minimum absolute atomic E-state index is 0.125. The molecule has 0 aliphatic carbocycles. The minimum atomic E-state index is -0.274. The monoisotopic (exact) mass is 260 g/mol. The van der Waals surface area contributed by atoms with E-state index in [1.807, 2.05) is 0 Å². The average Bonchev–Trinajstić information content (AvgIpc) is 2.75. The maximum atomic E-state index is 13.1. The van der Waals surface area contributed by atoms with Gasteiger partial charge in [0.25, 0.3) is 5.56 Å². The summed E-state index contributed by atoms with van der Waals surface area (Å²) in [4.78, 5) is 11.7. The third-order valence-electron chi connectivity index (χ3n) is 3.17. The van der Waals surface area contributed by atoms with Crippen LogP contribution in [0, 0.1) is 5.82 Å². The molecule has 5 heteroatoms. The lowest BCUT2D eigenvalue weighted by molar-refractivity contribution is 0.207. The predicted molar refractivity (Wildman–Crippen MR) is 69.6 cm³/mol. The van der Waals surface area contributed by atoms with Crippen LogP contribution in [0.1, 0.15) is 5.56 Å². The van der Waals surface area contributed by atoms with Gasteiger partial charge in [-0.25, -0.2) is 4.39 Å². The van der Waals surface area contributed by atoms with E-state index in [4.69, 9.17) is 10.5 Å². The standard InChI is InChI=1S/C14H13FN2O2/c15-10-1-3-13-9(5-10)6-12(19-13)8-17-7-11(16)2-4-14(17)18/h1-5,7,12H,6,8,16H2. The molecule has 4 nitrogen and oxygen atoms in total. The van der Waals surface area contributed by atoms with Crippen molar-refractivity contribution in [1.82, 2.24) is 4.57 Å². The Bertz CT molecular complexity index is 681. The van der Waals surface area contributed by atoms with Gasteiger partial charge in [-0.2, -0.15) is 0 Å². The van der Waals surface area contributed by atoms with E-state index in [1.165, 1.54) is 22.8 Å². The molecule has 2 N–H and O–H groups in total. The van der Waals surface area contributed by atoms with Crippen LogP contribution in [0.5, 0.6) is 5.75 Å². The third kappa shape index (κ3) is 2.31. The average molecular weight is 260 g/mol. The normalized spacial score (nSPS) is 17.0. The van der Waals surface area contributed by atoms with E-state index in [-0.39, 0.29) is 17.5 Å². The van der Waals surface area contributed by atoms with Gasteiger partial charge in [-0.3, -0.25) is 4.79 Å². The molecule has 0 bridgehead atoms. The Hall–Kier alpha value is -2.30. The number of anilines is 1. The summed E-state index contributed by atoms with van der Waals surface area (Å²) in [6.07, 6.45) is 2.01. The van der Waals surface area contributed by atoms with Crippen LogP contribution < -0.4 is 16.0 Å². The highest BCUT2D eigenvalue weighted by molar-refractivity contribution is 5.38. The molecule has 1 unspecified atom stereocenters. The van der Waals surface area contributed by atoms with Crippen molar-refractivity contribution < 1.29 is 9.13 Å². The highest BCUT2D eigenvalue weighted by Gasteiger charge is 2.23. The molecule has 0 fully saturated rings. The lowest BCUT2D eigenvalue weighted by Gasteiger charge is -2.12. The molecule has 0 radical (unpaired) electrons. The topological polar surface area (TPSA) is 57.2 Å². The van der Waals surface area contributed by atoms with E-state index < -0.39 is 0 Å². The second-order valence-electron chi connectivity index (χ2n) is 4.65. The summed E-state index contributed by atoms with van der Waals surface area (Å²) in [7, 11) is 0. The van der Waals surface area contributed by atoms with Crippen molar-refractivity contribution in [1.29, 1.82) is 0 Å². The Kier molecular flexibility index (Phi) is 2.74. The molecule has 98 valence electrons. The summed E-state index contributed by atoms with van der Waals surface area (Å²) >= 11 is 0. The fourth-order valence-electron chi connectivity index (χ4n) is 2.30. The van der Waals surface area contributed by atoms with Crippen molar-refractivity contribution in [3.8, 4) is 5.75 Å².